The topological polar surface area (TPSA) is 52.6 Å². The highest BCUT2D eigenvalue weighted by atomic mass is 32.2. The first-order valence-electron chi connectivity index (χ1n) is 18.8. The van der Waals surface area contributed by atoms with Gasteiger partial charge in [-0.25, -0.2) is 0 Å². The minimum absolute atomic E-state index is 0.111. The average molecular weight is 627 g/mol. The van der Waals surface area contributed by atoms with E-state index in [2.05, 4.69) is 27.7 Å². The minimum atomic E-state index is -0.111. The van der Waals surface area contributed by atoms with Crippen molar-refractivity contribution < 1.29 is 19.1 Å². The molecule has 0 fully saturated rings. The lowest BCUT2D eigenvalue weighted by Crippen LogP contribution is -2.09. The summed E-state index contributed by atoms with van der Waals surface area (Å²) in [5, 5.41) is 0. The second kappa shape index (κ2) is 34.2. The second-order valence-electron chi connectivity index (χ2n) is 13.7. The lowest BCUT2D eigenvalue weighted by molar-refractivity contribution is -0.144. The van der Waals surface area contributed by atoms with Crippen LogP contribution in [0.3, 0.4) is 0 Å². The fourth-order valence-corrected chi connectivity index (χ4v) is 6.25. The minimum Gasteiger partial charge on any atom is -0.466 e. The van der Waals surface area contributed by atoms with Crippen LogP contribution in [0.4, 0.5) is 0 Å². The molecule has 0 unspecified atom stereocenters. The van der Waals surface area contributed by atoms with Gasteiger partial charge in [-0.05, 0) is 24.7 Å². The Morgan fingerprint density at radius 2 is 0.674 bits per heavy atom. The molecule has 0 atom stereocenters. The molecule has 0 rings (SSSR count). The first-order chi connectivity index (χ1) is 20.9. The summed E-state index contributed by atoms with van der Waals surface area (Å²) >= 11 is 1.63. The molecular formula is C38H74O4S. The summed E-state index contributed by atoms with van der Waals surface area (Å²) in [6.45, 7) is 10.3. The Morgan fingerprint density at radius 1 is 0.419 bits per heavy atom. The molecule has 0 N–H and O–H groups in total. The molecule has 0 radical (unpaired) electrons. The third-order valence-corrected chi connectivity index (χ3v) is 9.26. The molecule has 4 nitrogen and oxygen atoms in total. The smallest absolute Gasteiger partial charge is 0.306 e. The van der Waals surface area contributed by atoms with E-state index in [4.69, 9.17) is 9.47 Å². The standard InChI is InChI=1S/C38H74O4S/c1-35(2)27-23-19-15-11-7-5-9-13-17-21-25-31-41-37(39)29-33-43-34-30-38(40)42-32-26-22-18-14-10-6-8-12-16-20-24-28-36(3)4/h35-36H,5-34H2,1-4H3. The van der Waals surface area contributed by atoms with Gasteiger partial charge in [-0.1, -0.05) is 169 Å². The van der Waals surface area contributed by atoms with E-state index in [0.717, 1.165) is 37.5 Å². The number of esters is 2. The van der Waals surface area contributed by atoms with Crippen LogP contribution in [0.25, 0.3) is 0 Å². The van der Waals surface area contributed by atoms with Crippen LogP contribution >= 0.6 is 11.8 Å². The van der Waals surface area contributed by atoms with Crippen molar-refractivity contribution >= 4 is 23.7 Å². The summed E-state index contributed by atoms with van der Waals surface area (Å²) < 4.78 is 10.7. The van der Waals surface area contributed by atoms with Crippen molar-refractivity contribution in [1.82, 2.24) is 0 Å². The van der Waals surface area contributed by atoms with Crippen molar-refractivity contribution in [2.45, 2.75) is 195 Å². The van der Waals surface area contributed by atoms with Crippen molar-refractivity contribution in [3.05, 3.63) is 0 Å². The molecule has 0 saturated heterocycles. The highest BCUT2D eigenvalue weighted by Crippen LogP contribution is 2.15. The molecule has 0 aromatic heterocycles. The highest BCUT2D eigenvalue weighted by molar-refractivity contribution is 7.99. The Kier molecular flexibility index (Phi) is 33.6. The largest absolute Gasteiger partial charge is 0.466 e. The van der Waals surface area contributed by atoms with Crippen molar-refractivity contribution in [1.29, 1.82) is 0 Å². The zero-order valence-corrected chi connectivity index (χ0v) is 30.2. The Labute approximate surface area is 273 Å². The molecule has 0 aromatic rings. The molecule has 0 aliphatic carbocycles. The summed E-state index contributed by atoms with van der Waals surface area (Å²) in [5.41, 5.74) is 0. The normalized spacial score (nSPS) is 11.5. The number of hydrogen-bond acceptors (Lipinski definition) is 5. The summed E-state index contributed by atoms with van der Waals surface area (Å²) in [7, 11) is 0. The van der Waals surface area contributed by atoms with Gasteiger partial charge in [-0.3, -0.25) is 9.59 Å². The lowest BCUT2D eigenvalue weighted by Gasteiger charge is -2.06. The maximum atomic E-state index is 11.9. The van der Waals surface area contributed by atoms with Gasteiger partial charge in [0.15, 0.2) is 0 Å². The Hall–Kier alpha value is -0.710. The molecule has 0 aliphatic rings. The van der Waals surface area contributed by atoms with Crippen LogP contribution in [-0.2, 0) is 19.1 Å². The number of unbranched alkanes of at least 4 members (excludes halogenated alkanes) is 20. The first-order valence-corrected chi connectivity index (χ1v) is 20.0. The van der Waals surface area contributed by atoms with E-state index in [0.29, 0.717) is 37.6 Å². The number of carbonyl (C=O) groups excluding carboxylic acids is 2. The molecule has 5 heteroatoms. The van der Waals surface area contributed by atoms with Crippen molar-refractivity contribution in [3.8, 4) is 0 Å². The van der Waals surface area contributed by atoms with Gasteiger partial charge in [0.25, 0.3) is 0 Å². The molecule has 0 amide bonds. The van der Waals surface area contributed by atoms with Gasteiger partial charge >= 0.3 is 11.9 Å². The van der Waals surface area contributed by atoms with E-state index < -0.39 is 0 Å². The number of ether oxygens (including phenoxy) is 2. The first kappa shape index (κ1) is 42.3. The second-order valence-corrected chi connectivity index (χ2v) is 14.9. The molecular weight excluding hydrogens is 552 g/mol. The highest BCUT2D eigenvalue weighted by Gasteiger charge is 2.06. The van der Waals surface area contributed by atoms with Crippen LogP contribution < -0.4 is 0 Å². The maximum absolute atomic E-state index is 11.9. The van der Waals surface area contributed by atoms with Crippen LogP contribution in [-0.4, -0.2) is 36.7 Å². The van der Waals surface area contributed by atoms with E-state index in [1.54, 1.807) is 11.8 Å². The van der Waals surface area contributed by atoms with E-state index >= 15 is 0 Å². The van der Waals surface area contributed by atoms with Crippen LogP contribution in [0.15, 0.2) is 0 Å². The molecule has 0 aromatic carbocycles. The molecule has 43 heavy (non-hydrogen) atoms. The number of rotatable bonds is 34. The lowest BCUT2D eigenvalue weighted by atomic mass is 10.0. The fourth-order valence-electron chi connectivity index (χ4n) is 5.42. The van der Waals surface area contributed by atoms with Gasteiger partial charge in [-0.15, -0.1) is 0 Å². The summed E-state index contributed by atoms with van der Waals surface area (Å²) in [4.78, 5) is 23.8. The maximum Gasteiger partial charge on any atom is 0.306 e. The Morgan fingerprint density at radius 3 is 0.953 bits per heavy atom. The predicted octanol–water partition coefficient (Wildman–Crippen LogP) is 12.3. The van der Waals surface area contributed by atoms with E-state index in [-0.39, 0.29) is 11.9 Å². The van der Waals surface area contributed by atoms with Gasteiger partial charge < -0.3 is 9.47 Å². The monoisotopic (exact) mass is 627 g/mol. The fraction of sp³-hybridized carbons (Fsp3) is 0.947. The zero-order valence-electron chi connectivity index (χ0n) is 29.4. The van der Waals surface area contributed by atoms with Gasteiger partial charge in [0.2, 0.25) is 0 Å². The van der Waals surface area contributed by atoms with Gasteiger partial charge in [0.1, 0.15) is 0 Å². The van der Waals surface area contributed by atoms with Gasteiger partial charge in [-0.2, -0.15) is 11.8 Å². The number of carbonyl (C=O) groups is 2. The molecule has 0 bridgehead atoms. The quantitative estimate of drug-likeness (QED) is 0.0525. The molecule has 0 aliphatic heterocycles. The van der Waals surface area contributed by atoms with Crippen LogP contribution in [0.1, 0.15) is 195 Å². The van der Waals surface area contributed by atoms with Crippen molar-refractivity contribution in [3.63, 3.8) is 0 Å². The molecule has 0 spiro atoms. The summed E-state index contributed by atoms with van der Waals surface area (Å²) in [5.74, 6) is 2.90. The van der Waals surface area contributed by atoms with E-state index in [1.165, 1.54) is 128 Å². The Balaban J connectivity index is 3.27. The van der Waals surface area contributed by atoms with Crippen molar-refractivity contribution in [2.75, 3.05) is 24.7 Å². The van der Waals surface area contributed by atoms with Crippen LogP contribution in [0.5, 0.6) is 0 Å². The van der Waals surface area contributed by atoms with Gasteiger partial charge in [0.05, 0.1) is 26.1 Å². The third kappa shape index (κ3) is 37.4. The zero-order chi connectivity index (χ0) is 31.6. The number of thioether (sulfide) groups is 1. The van der Waals surface area contributed by atoms with E-state index in [1.807, 2.05) is 0 Å². The van der Waals surface area contributed by atoms with E-state index in [9.17, 15) is 9.59 Å². The molecule has 0 saturated carbocycles. The molecule has 0 heterocycles. The van der Waals surface area contributed by atoms with Gasteiger partial charge in [0, 0.05) is 11.5 Å². The predicted molar refractivity (Wildman–Crippen MR) is 189 cm³/mol. The SMILES string of the molecule is CC(C)CCCCCCCCCCCCCOC(=O)CCSCCC(=O)OCCCCCCCCCCCCCC(C)C. The number of hydrogen-bond donors (Lipinski definition) is 0. The average Bonchev–Trinajstić information content (AvgIpc) is 2.97. The Bertz CT molecular complexity index is 542. The molecule has 256 valence electrons. The summed E-state index contributed by atoms with van der Waals surface area (Å²) in [6.07, 6.45) is 32.4. The van der Waals surface area contributed by atoms with Crippen molar-refractivity contribution in [2.24, 2.45) is 11.8 Å². The van der Waals surface area contributed by atoms with Crippen LogP contribution in [0, 0.1) is 11.8 Å². The summed E-state index contributed by atoms with van der Waals surface area (Å²) in [6, 6.07) is 0. The third-order valence-electron chi connectivity index (χ3n) is 8.28. The van der Waals surface area contributed by atoms with Crippen LogP contribution in [0.2, 0.25) is 0 Å².